The van der Waals surface area contributed by atoms with E-state index in [1.807, 2.05) is 68.4 Å². The number of hydrogen-bond donors (Lipinski definition) is 2. The monoisotopic (exact) mass is 390 g/mol. The van der Waals surface area contributed by atoms with Gasteiger partial charge in [-0.05, 0) is 35.7 Å². The molecule has 0 spiro atoms. The van der Waals surface area contributed by atoms with Gasteiger partial charge in [0.2, 0.25) is 5.91 Å². The van der Waals surface area contributed by atoms with Crippen molar-refractivity contribution in [3.8, 4) is 5.69 Å². The molecule has 150 valence electrons. The van der Waals surface area contributed by atoms with Gasteiger partial charge < -0.3 is 10.6 Å². The second kappa shape index (κ2) is 8.73. The van der Waals surface area contributed by atoms with Gasteiger partial charge in [0.25, 0.3) is 5.91 Å². The first-order valence-corrected chi connectivity index (χ1v) is 9.73. The van der Waals surface area contributed by atoms with Crippen LogP contribution in [0.2, 0.25) is 0 Å². The van der Waals surface area contributed by atoms with E-state index in [1.54, 1.807) is 10.7 Å². The standard InChI is InChI=1S/C23H26N4O2/c1-15(2)17-10-12-18(13-11-17)24-23(29)20-14-21(25-22(28)16(3)4)27(26-20)19-8-6-5-7-9-19/h5-16H,1-4H3,(H,24,29)(H,25,28). The first kappa shape index (κ1) is 20.3. The number of amides is 2. The summed E-state index contributed by atoms with van der Waals surface area (Å²) >= 11 is 0. The van der Waals surface area contributed by atoms with Crippen LogP contribution in [0.4, 0.5) is 11.5 Å². The molecule has 0 unspecified atom stereocenters. The lowest BCUT2D eigenvalue weighted by Crippen LogP contribution is -2.19. The first-order valence-electron chi connectivity index (χ1n) is 9.73. The number of nitrogens with zero attached hydrogens (tertiary/aromatic N) is 2. The van der Waals surface area contributed by atoms with Gasteiger partial charge in [0, 0.05) is 17.7 Å². The molecule has 0 aliphatic carbocycles. The number of aromatic nitrogens is 2. The minimum Gasteiger partial charge on any atom is -0.321 e. The predicted molar refractivity (Wildman–Crippen MR) is 116 cm³/mol. The molecule has 2 aromatic carbocycles. The lowest BCUT2D eigenvalue weighted by atomic mass is 10.0. The van der Waals surface area contributed by atoms with Crippen LogP contribution in [0.25, 0.3) is 5.69 Å². The Morgan fingerprint density at radius 3 is 2.14 bits per heavy atom. The van der Waals surface area contributed by atoms with Gasteiger partial charge in [0.05, 0.1) is 5.69 Å². The Kier molecular flexibility index (Phi) is 6.12. The number of para-hydroxylation sites is 1. The molecule has 2 amide bonds. The van der Waals surface area contributed by atoms with E-state index < -0.39 is 0 Å². The first-order chi connectivity index (χ1) is 13.8. The van der Waals surface area contributed by atoms with Crippen LogP contribution in [0.5, 0.6) is 0 Å². The van der Waals surface area contributed by atoms with E-state index in [-0.39, 0.29) is 23.4 Å². The summed E-state index contributed by atoms with van der Waals surface area (Å²) in [6, 6.07) is 18.7. The van der Waals surface area contributed by atoms with Crippen molar-refractivity contribution in [2.75, 3.05) is 10.6 Å². The van der Waals surface area contributed by atoms with Crippen molar-refractivity contribution in [3.63, 3.8) is 0 Å². The Labute approximate surface area is 170 Å². The summed E-state index contributed by atoms with van der Waals surface area (Å²) in [5, 5.41) is 10.1. The maximum atomic E-state index is 12.7. The Morgan fingerprint density at radius 1 is 0.897 bits per heavy atom. The minimum atomic E-state index is -0.336. The molecular formula is C23H26N4O2. The van der Waals surface area contributed by atoms with Crippen molar-refractivity contribution in [2.24, 2.45) is 5.92 Å². The van der Waals surface area contributed by atoms with Gasteiger partial charge in [-0.15, -0.1) is 0 Å². The van der Waals surface area contributed by atoms with Crippen molar-refractivity contribution < 1.29 is 9.59 Å². The molecule has 6 heteroatoms. The van der Waals surface area contributed by atoms with Crippen molar-refractivity contribution in [1.82, 2.24) is 9.78 Å². The van der Waals surface area contributed by atoms with Crippen LogP contribution in [-0.4, -0.2) is 21.6 Å². The second-order valence-corrected chi connectivity index (χ2v) is 7.54. The number of hydrogen-bond acceptors (Lipinski definition) is 3. The van der Waals surface area contributed by atoms with E-state index in [0.717, 1.165) is 5.69 Å². The summed E-state index contributed by atoms with van der Waals surface area (Å²) in [5.74, 6) is 0.213. The van der Waals surface area contributed by atoms with Crippen molar-refractivity contribution in [3.05, 3.63) is 71.9 Å². The molecule has 29 heavy (non-hydrogen) atoms. The van der Waals surface area contributed by atoms with Crippen molar-refractivity contribution >= 4 is 23.3 Å². The van der Waals surface area contributed by atoms with Gasteiger partial charge in [0.15, 0.2) is 5.69 Å². The Bertz CT molecular complexity index is 989. The maximum absolute atomic E-state index is 12.7. The van der Waals surface area contributed by atoms with E-state index >= 15 is 0 Å². The molecule has 6 nitrogen and oxygen atoms in total. The molecule has 0 atom stereocenters. The van der Waals surface area contributed by atoms with Crippen LogP contribution in [0, 0.1) is 5.92 Å². The number of nitrogens with one attached hydrogen (secondary N) is 2. The number of rotatable bonds is 6. The van der Waals surface area contributed by atoms with Crippen LogP contribution in [0.3, 0.4) is 0 Å². The van der Waals surface area contributed by atoms with E-state index in [4.69, 9.17) is 0 Å². The molecule has 1 aromatic heterocycles. The normalized spacial score (nSPS) is 11.0. The van der Waals surface area contributed by atoms with Crippen LogP contribution in [0.1, 0.15) is 49.7 Å². The second-order valence-electron chi connectivity index (χ2n) is 7.54. The molecular weight excluding hydrogens is 364 g/mol. The van der Waals surface area contributed by atoms with Gasteiger partial charge in [0.1, 0.15) is 5.82 Å². The number of carbonyl (C=O) groups is 2. The highest BCUT2D eigenvalue weighted by Gasteiger charge is 2.18. The summed E-state index contributed by atoms with van der Waals surface area (Å²) in [6.45, 7) is 7.87. The zero-order valence-electron chi connectivity index (χ0n) is 17.1. The van der Waals surface area contributed by atoms with Crippen LogP contribution >= 0.6 is 0 Å². The highest BCUT2D eigenvalue weighted by atomic mass is 16.2. The van der Waals surface area contributed by atoms with E-state index in [1.165, 1.54) is 5.56 Å². The molecule has 2 N–H and O–H groups in total. The molecule has 1 heterocycles. The molecule has 0 radical (unpaired) electrons. The number of anilines is 2. The van der Waals surface area contributed by atoms with Gasteiger partial charge in [-0.25, -0.2) is 4.68 Å². The zero-order valence-corrected chi connectivity index (χ0v) is 17.1. The van der Waals surface area contributed by atoms with Gasteiger partial charge in [-0.3, -0.25) is 9.59 Å². The summed E-state index contributed by atoms with van der Waals surface area (Å²) in [6.07, 6.45) is 0. The predicted octanol–water partition coefficient (Wildman–Crippen LogP) is 4.84. The Morgan fingerprint density at radius 2 is 1.55 bits per heavy atom. The Hall–Kier alpha value is -3.41. The molecule has 0 aliphatic heterocycles. The fourth-order valence-electron chi connectivity index (χ4n) is 2.76. The topological polar surface area (TPSA) is 76.0 Å². The molecule has 0 aliphatic rings. The fourth-order valence-corrected chi connectivity index (χ4v) is 2.76. The Balaban J connectivity index is 1.87. The third-order valence-corrected chi connectivity index (χ3v) is 4.55. The van der Waals surface area contributed by atoms with E-state index in [2.05, 4.69) is 29.6 Å². The van der Waals surface area contributed by atoms with Crippen LogP contribution in [-0.2, 0) is 4.79 Å². The average Bonchev–Trinajstić information content (AvgIpc) is 3.13. The lowest BCUT2D eigenvalue weighted by molar-refractivity contribution is -0.118. The van der Waals surface area contributed by atoms with E-state index in [9.17, 15) is 9.59 Å². The number of benzene rings is 2. The smallest absolute Gasteiger partial charge is 0.276 e. The maximum Gasteiger partial charge on any atom is 0.276 e. The zero-order chi connectivity index (χ0) is 21.0. The van der Waals surface area contributed by atoms with Gasteiger partial charge >= 0.3 is 0 Å². The van der Waals surface area contributed by atoms with Crippen molar-refractivity contribution in [2.45, 2.75) is 33.6 Å². The third kappa shape index (κ3) is 4.90. The highest BCUT2D eigenvalue weighted by molar-refractivity contribution is 6.04. The van der Waals surface area contributed by atoms with Gasteiger partial charge in [-0.1, -0.05) is 58.0 Å². The summed E-state index contributed by atoms with van der Waals surface area (Å²) < 4.78 is 1.57. The summed E-state index contributed by atoms with van der Waals surface area (Å²) in [5.41, 5.74) is 2.88. The van der Waals surface area contributed by atoms with Crippen molar-refractivity contribution in [1.29, 1.82) is 0 Å². The van der Waals surface area contributed by atoms with E-state index in [0.29, 0.717) is 17.4 Å². The summed E-state index contributed by atoms with van der Waals surface area (Å²) in [4.78, 5) is 24.9. The van der Waals surface area contributed by atoms with Gasteiger partial charge in [-0.2, -0.15) is 5.10 Å². The molecule has 0 bridgehead atoms. The lowest BCUT2D eigenvalue weighted by Gasteiger charge is -2.10. The van der Waals surface area contributed by atoms with Crippen LogP contribution in [0.15, 0.2) is 60.7 Å². The largest absolute Gasteiger partial charge is 0.321 e. The number of carbonyl (C=O) groups excluding carboxylic acids is 2. The molecule has 0 saturated carbocycles. The molecule has 0 saturated heterocycles. The minimum absolute atomic E-state index is 0.140. The molecule has 3 rings (SSSR count). The SMILES string of the molecule is CC(C)C(=O)Nc1cc(C(=O)Nc2ccc(C(C)C)cc2)nn1-c1ccccc1. The molecule has 3 aromatic rings. The fraction of sp³-hybridized carbons (Fsp3) is 0.261. The summed E-state index contributed by atoms with van der Waals surface area (Å²) in [7, 11) is 0. The quantitative estimate of drug-likeness (QED) is 0.632. The average molecular weight is 390 g/mol. The van der Waals surface area contributed by atoms with Crippen LogP contribution < -0.4 is 10.6 Å². The third-order valence-electron chi connectivity index (χ3n) is 4.55. The molecule has 0 fully saturated rings. The highest BCUT2D eigenvalue weighted by Crippen LogP contribution is 2.20.